The van der Waals surface area contributed by atoms with Crippen LogP contribution in [-0.4, -0.2) is 21.5 Å². The Hall–Kier alpha value is -0.900. The molecule has 0 saturated heterocycles. The Kier molecular flexibility index (Phi) is 3.59. The van der Waals surface area contributed by atoms with Crippen LogP contribution in [0, 0.1) is 0 Å². The number of nitrogens with zero attached hydrogens (tertiary/aromatic N) is 3. The molecule has 4 heteroatoms. The average Bonchev–Trinajstić information content (AvgIpc) is 3.05. The van der Waals surface area contributed by atoms with Crippen molar-refractivity contribution in [3.8, 4) is 0 Å². The largest absolute Gasteiger partial charge is 0.330 e. The molecule has 4 nitrogen and oxygen atoms in total. The van der Waals surface area contributed by atoms with Crippen molar-refractivity contribution in [2.75, 3.05) is 6.54 Å². The van der Waals surface area contributed by atoms with Gasteiger partial charge < -0.3 is 5.73 Å². The van der Waals surface area contributed by atoms with E-state index in [9.17, 15) is 0 Å². The molecule has 1 heterocycles. The van der Waals surface area contributed by atoms with E-state index in [4.69, 9.17) is 5.73 Å². The van der Waals surface area contributed by atoms with E-state index in [1.165, 1.54) is 18.5 Å². The predicted octanol–water partition coefficient (Wildman–Crippen LogP) is 2.02. The first-order valence-electron chi connectivity index (χ1n) is 6.45. The van der Waals surface area contributed by atoms with Crippen LogP contribution in [0.4, 0.5) is 0 Å². The van der Waals surface area contributed by atoms with E-state index in [0.717, 1.165) is 25.0 Å². The summed E-state index contributed by atoms with van der Waals surface area (Å²) in [4.78, 5) is 0. The summed E-state index contributed by atoms with van der Waals surface area (Å²) in [5.74, 6) is 0.706. The molecular weight excluding hydrogens is 200 g/mol. The number of hydrogen-bond acceptors (Lipinski definition) is 3. The van der Waals surface area contributed by atoms with Gasteiger partial charge in [0.1, 0.15) is 0 Å². The second-order valence-corrected chi connectivity index (χ2v) is 4.65. The quantitative estimate of drug-likeness (QED) is 0.801. The van der Waals surface area contributed by atoms with Gasteiger partial charge in [0.2, 0.25) is 0 Å². The Morgan fingerprint density at radius 3 is 2.56 bits per heavy atom. The summed E-state index contributed by atoms with van der Waals surface area (Å²) in [7, 11) is 0. The van der Waals surface area contributed by atoms with Crippen LogP contribution in [0.1, 0.15) is 62.9 Å². The third-order valence-corrected chi connectivity index (χ3v) is 3.44. The van der Waals surface area contributed by atoms with Gasteiger partial charge in [-0.3, -0.25) is 0 Å². The van der Waals surface area contributed by atoms with Crippen LogP contribution in [0.25, 0.3) is 0 Å². The van der Waals surface area contributed by atoms with Crippen molar-refractivity contribution >= 4 is 0 Å². The fourth-order valence-corrected chi connectivity index (χ4v) is 2.33. The van der Waals surface area contributed by atoms with Crippen molar-refractivity contribution < 1.29 is 0 Å². The molecule has 0 atom stereocenters. The van der Waals surface area contributed by atoms with Gasteiger partial charge in [-0.15, -0.1) is 5.10 Å². The first-order chi connectivity index (χ1) is 7.81. The van der Waals surface area contributed by atoms with E-state index in [2.05, 4.69) is 28.8 Å². The molecule has 0 amide bonds. The van der Waals surface area contributed by atoms with E-state index in [1.807, 2.05) is 0 Å². The van der Waals surface area contributed by atoms with Crippen molar-refractivity contribution in [3.63, 3.8) is 0 Å². The van der Waals surface area contributed by atoms with Crippen molar-refractivity contribution in [1.82, 2.24) is 15.0 Å². The van der Waals surface area contributed by atoms with Crippen LogP contribution >= 0.6 is 0 Å². The molecule has 1 saturated carbocycles. The minimum Gasteiger partial charge on any atom is -0.330 e. The number of hydrogen-bond donors (Lipinski definition) is 1. The van der Waals surface area contributed by atoms with Crippen molar-refractivity contribution in [3.05, 3.63) is 11.4 Å². The molecule has 1 aromatic heterocycles. The van der Waals surface area contributed by atoms with Crippen LogP contribution in [0.15, 0.2) is 0 Å². The highest BCUT2D eigenvalue weighted by Gasteiger charge is 2.32. The fourth-order valence-electron chi connectivity index (χ4n) is 2.33. The summed E-state index contributed by atoms with van der Waals surface area (Å²) >= 11 is 0. The third-order valence-electron chi connectivity index (χ3n) is 3.44. The molecule has 0 radical (unpaired) electrons. The molecule has 0 spiro atoms. The maximum absolute atomic E-state index is 5.62. The van der Waals surface area contributed by atoms with Gasteiger partial charge in [-0.2, -0.15) is 0 Å². The highest BCUT2D eigenvalue weighted by atomic mass is 15.4. The van der Waals surface area contributed by atoms with Crippen molar-refractivity contribution in [2.24, 2.45) is 5.73 Å². The van der Waals surface area contributed by atoms with E-state index in [1.54, 1.807) is 0 Å². The van der Waals surface area contributed by atoms with E-state index >= 15 is 0 Å². The summed E-state index contributed by atoms with van der Waals surface area (Å²) in [6.07, 6.45) is 5.71. The molecule has 1 aliphatic rings. The van der Waals surface area contributed by atoms with Gasteiger partial charge in [0.15, 0.2) is 0 Å². The zero-order valence-electron chi connectivity index (χ0n) is 10.3. The van der Waals surface area contributed by atoms with Crippen LogP contribution in [-0.2, 0) is 6.42 Å². The van der Waals surface area contributed by atoms with Crippen LogP contribution in [0.5, 0.6) is 0 Å². The lowest BCUT2D eigenvalue weighted by Crippen LogP contribution is -2.13. The summed E-state index contributed by atoms with van der Waals surface area (Å²) in [5, 5.41) is 8.67. The molecule has 0 bridgehead atoms. The third kappa shape index (κ3) is 2.12. The zero-order valence-corrected chi connectivity index (χ0v) is 10.3. The Bertz CT molecular complexity index is 337. The smallest absolute Gasteiger partial charge is 0.0874 e. The minimum atomic E-state index is 0.509. The second-order valence-electron chi connectivity index (χ2n) is 4.65. The van der Waals surface area contributed by atoms with Crippen LogP contribution in [0.3, 0.4) is 0 Å². The number of rotatable bonds is 6. The lowest BCUT2D eigenvalue weighted by Gasteiger charge is -2.15. The summed E-state index contributed by atoms with van der Waals surface area (Å²) < 4.78 is 2.17. The van der Waals surface area contributed by atoms with Gasteiger partial charge in [-0.25, -0.2) is 4.68 Å². The molecule has 0 aromatic carbocycles. The highest BCUT2D eigenvalue weighted by Crippen LogP contribution is 2.42. The average molecular weight is 222 g/mol. The second kappa shape index (κ2) is 4.95. The van der Waals surface area contributed by atoms with Gasteiger partial charge in [0.25, 0.3) is 0 Å². The van der Waals surface area contributed by atoms with Gasteiger partial charge in [-0.05, 0) is 32.2 Å². The highest BCUT2D eigenvalue weighted by molar-refractivity contribution is 5.21. The van der Waals surface area contributed by atoms with Gasteiger partial charge in [0.05, 0.1) is 17.4 Å². The minimum absolute atomic E-state index is 0.509. The maximum Gasteiger partial charge on any atom is 0.0874 e. The molecule has 1 aromatic rings. The fraction of sp³-hybridized carbons (Fsp3) is 0.833. The molecule has 90 valence electrons. The lowest BCUT2D eigenvalue weighted by molar-refractivity contribution is 0.405. The maximum atomic E-state index is 5.62. The summed E-state index contributed by atoms with van der Waals surface area (Å²) in [6, 6.07) is 0.509. The van der Waals surface area contributed by atoms with E-state index in [0.29, 0.717) is 18.5 Å². The first kappa shape index (κ1) is 11.6. The molecule has 2 rings (SSSR count). The molecule has 1 aliphatic carbocycles. The van der Waals surface area contributed by atoms with Crippen LogP contribution < -0.4 is 5.73 Å². The molecule has 16 heavy (non-hydrogen) atoms. The van der Waals surface area contributed by atoms with E-state index < -0.39 is 0 Å². The standard InChI is InChI=1S/C12H22N4/c1-3-10(4-2)16-12(9-5-6-9)11(7-8-13)14-15-16/h9-10H,3-8,13H2,1-2H3. The SMILES string of the molecule is CCC(CC)n1nnc(CCN)c1C1CC1. The van der Waals surface area contributed by atoms with E-state index in [-0.39, 0.29) is 0 Å². The Morgan fingerprint density at radius 1 is 1.38 bits per heavy atom. The molecule has 1 fully saturated rings. The van der Waals surface area contributed by atoms with Gasteiger partial charge in [0, 0.05) is 12.3 Å². The Labute approximate surface area is 97.2 Å². The zero-order chi connectivity index (χ0) is 11.5. The molecule has 0 aliphatic heterocycles. The number of aromatic nitrogens is 3. The van der Waals surface area contributed by atoms with Crippen LogP contribution in [0.2, 0.25) is 0 Å². The van der Waals surface area contributed by atoms with Crippen molar-refractivity contribution in [2.45, 2.75) is 57.9 Å². The number of nitrogens with two attached hydrogens (primary N) is 1. The first-order valence-corrected chi connectivity index (χ1v) is 6.45. The molecule has 2 N–H and O–H groups in total. The van der Waals surface area contributed by atoms with Gasteiger partial charge in [-0.1, -0.05) is 19.1 Å². The predicted molar refractivity (Wildman–Crippen MR) is 64.4 cm³/mol. The molecular formula is C12H22N4. The normalized spacial score (nSPS) is 16.0. The lowest BCUT2D eigenvalue weighted by atomic mass is 10.1. The molecule has 0 unspecified atom stereocenters. The Balaban J connectivity index is 2.29. The van der Waals surface area contributed by atoms with Crippen molar-refractivity contribution in [1.29, 1.82) is 0 Å². The topological polar surface area (TPSA) is 56.7 Å². The van der Waals surface area contributed by atoms with Gasteiger partial charge >= 0.3 is 0 Å². The Morgan fingerprint density at radius 2 is 2.06 bits per heavy atom. The monoisotopic (exact) mass is 222 g/mol. The summed E-state index contributed by atoms with van der Waals surface area (Å²) in [6.45, 7) is 5.10. The summed E-state index contributed by atoms with van der Waals surface area (Å²) in [5.41, 5.74) is 8.13.